The van der Waals surface area contributed by atoms with Crippen molar-refractivity contribution in [3.63, 3.8) is 0 Å². The summed E-state index contributed by atoms with van der Waals surface area (Å²) in [5, 5.41) is 0. The highest BCUT2D eigenvalue weighted by Gasteiger charge is 2.49. The van der Waals surface area contributed by atoms with Crippen LogP contribution in [0.15, 0.2) is 0 Å². The van der Waals surface area contributed by atoms with E-state index in [1.54, 1.807) is 0 Å². The Morgan fingerprint density at radius 2 is 1.85 bits per heavy atom. The van der Waals surface area contributed by atoms with Gasteiger partial charge in [-0.25, -0.2) is 0 Å². The van der Waals surface area contributed by atoms with Crippen LogP contribution in [-0.2, 0) is 19.1 Å². The number of carbonyl (C=O) groups is 3. The summed E-state index contributed by atoms with van der Waals surface area (Å²) in [6.45, 7) is 3.02. The van der Waals surface area contributed by atoms with Gasteiger partial charge in [0.25, 0.3) is 0 Å². The number of ether oxygens (including phenoxy) is 1. The van der Waals surface area contributed by atoms with Gasteiger partial charge >= 0.3 is 5.97 Å². The number of nitrogens with zero attached hydrogens (tertiary/aromatic N) is 2. The fraction of sp³-hybridized carbons (Fsp3) is 0.857. The zero-order valence-corrected chi connectivity index (χ0v) is 16.7. The highest BCUT2D eigenvalue weighted by molar-refractivity contribution is 5.86. The fourth-order valence-corrected chi connectivity index (χ4v) is 5.12. The monoisotopic (exact) mass is 378 g/mol. The van der Waals surface area contributed by atoms with Crippen LogP contribution >= 0.6 is 0 Å². The molecule has 1 aliphatic carbocycles. The molecular weight excluding hydrogens is 344 g/mol. The standard InChI is InChI=1S/C21H34N2O4/c1-27-19(25)10-5-9-18(24)23-14-12-21(16-23)11-6-13-22(20(21)26)15-17-7-3-2-4-8-17/h17H,2-16H2,1H3. The molecule has 6 heteroatoms. The molecule has 3 rings (SSSR count). The molecule has 3 aliphatic rings. The summed E-state index contributed by atoms with van der Waals surface area (Å²) < 4.78 is 4.62. The molecular formula is C21H34N2O4. The van der Waals surface area contributed by atoms with E-state index in [1.807, 2.05) is 4.90 Å². The summed E-state index contributed by atoms with van der Waals surface area (Å²) in [6.07, 6.45) is 10.3. The molecule has 152 valence electrons. The number of hydrogen-bond donors (Lipinski definition) is 0. The SMILES string of the molecule is COC(=O)CCCC(=O)N1CCC2(CCCN(CC3CCCCC3)C2=O)C1. The lowest BCUT2D eigenvalue weighted by atomic mass is 9.77. The van der Waals surface area contributed by atoms with E-state index in [2.05, 4.69) is 9.64 Å². The second-order valence-corrected chi connectivity index (χ2v) is 8.63. The Morgan fingerprint density at radius 3 is 2.59 bits per heavy atom. The Balaban J connectivity index is 1.52. The Labute approximate surface area is 162 Å². The quantitative estimate of drug-likeness (QED) is 0.667. The maximum absolute atomic E-state index is 13.3. The summed E-state index contributed by atoms with van der Waals surface area (Å²) in [5.41, 5.74) is -0.356. The molecule has 1 unspecified atom stereocenters. The third-order valence-electron chi connectivity index (χ3n) is 6.73. The molecule has 1 atom stereocenters. The van der Waals surface area contributed by atoms with Crippen LogP contribution in [0, 0.1) is 11.3 Å². The lowest BCUT2D eigenvalue weighted by molar-refractivity contribution is -0.147. The van der Waals surface area contributed by atoms with Crippen LogP contribution in [0.4, 0.5) is 0 Å². The zero-order valence-electron chi connectivity index (χ0n) is 16.7. The third kappa shape index (κ3) is 4.82. The van der Waals surface area contributed by atoms with Crippen LogP contribution in [0.3, 0.4) is 0 Å². The first kappa shape index (κ1) is 20.2. The van der Waals surface area contributed by atoms with Crippen LogP contribution in [0.5, 0.6) is 0 Å². The minimum Gasteiger partial charge on any atom is -0.469 e. The van der Waals surface area contributed by atoms with Gasteiger partial charge in [-0.05, 0) is 44.4 Å². The number of rotatable bonds is 6. The highest BCUT2D eigenvalue weighted by atomic mass is 16.5. The van der Waals surface area contributed by atoms with Crippen molar-refractivity contribution in [2.24, 2.45) is 11.3 Å². The number of methoxy groups -OCH3 is 1. The van der Waals surface area contributed by atoms with Gasteiger partial charge in [0, 0.05) is 39.0 Å². The molecule has 0 bridgehead atoms. The molecule has 0 aromatic rings. The molecule has 1 saturated carbocycles. The normalized spacial score (nSPS) is 26.6. The van der Waals surface area contributed by atoms with E-state index in [1.165, 1.54) is 39.2 Å². The molecule has 2 aliphatic heterocycles. The van der Waals surface area contributed by atoms with Crippen molar-refractivity contribution in [2.75, 3.05) is 33.3 Å². The van der Waals surface area contributed by atoms with Gasteiger partial charge in [0.15, 0.2) is 0 Å². The first-order valence-corrected chi connectivity index (χ1v) is 10.7. The topological polar surface area (TPSA) is 66.9 Å². The van der Waals surface area contributed by atoms with Crippen LogP contribution in [0.1, 0.15) is 70.6 Å². The van der Waals surface area contributed by atoms with Crippen molar-refractivity contribution in [2.45, 2.75) is 70.6 Å². The molecule has 2 saturated heterocycles. The minimum absolute atomic E-state index is 0.0629. The summed E-state index contributed by atoms with van der Waals surface area (Å²) in [7, 11) is 1.36. The second-order valence-electron chi connectivity index (χ2n) is 8.63. The minimum atomic E-state index is -0.356. The molecule has 3 fully saturated rings. The summed E-state index contributed by atoms with van der Waals surface area (Å²) in [6, 6.07) is 0. The first-order valence-electron chi connectivity index (χ1n) is 10.7. The Kier molecular flexibility index (Phi) is 6.77. The van der Waals surface area contributed by atoms with Crippen molar-refractivity contribution < 1.29 is 19.1 Å². The molecule has 6 nitrogen and oxygen atoms in total. The molecule has 2 amide bonds. The maximum Gasteiger partial charge on any atom is 0.305 e. The van der Waals surface area contributed by atoms with Crippen LogP contribution in [-0.4, -0.2) is 60.9 Å². The van der Waals surface area contributed by atoms with Crippen LogP contribution in [0.25, 0.3) is 0 Å². The van der Waals surface area contributed by atoms with Gasteiger partial charge in [-0.2, -0.15) is 0 Å². The zero-order chi connectivity index (χ0) is 19.3. The van der Waals surface area contributed by atoms with E-state index in [4.69, 9.17) is 0 Å². The van der Waals surface area contributed by atoms with Gasteiger partial charge in [0.05, 0.1) is 12.5 Å². The van der Waals surface area contributed by atoms with E-state index >= 15 is 0 Å². The predicted octanol–water partition coefficient (Wildman–Crippen LogP) is 2.75. The predicted molar refractivity (Wildman–Crippen MR) is 102 cm³/mol. The number of carbonyl (C=O) groups excluding carboxylic acids is 3. The molecule has 0 aromatic carbocycles. The largest absolute Gasteiger partial charge is 0.469 e. The van der Waals surface area contributed by atoms with Gasteiger partial charge in [-0.3, -0.25) is 14.4 Å². The van der Waals surface area contributed by atoms with Crippen molar-refractivity contribution in [1.82, 2.24) is 9.80 Å². The van der Waals surface area contributed by atoms with Crippen molar-refractivity contribution >= 4 is 17.8 Å². The number of amides is 2. The van der Waals surface area contributed by atoms with Crippen molar-refractivity contribution in [3.8, 4) is 0 Å². The highest BCUT2D eigenvalue weighted by Crippen LogP contribution is 2.41. The summed E-state index contributed by atoms with van der Waals surface area (Å²) in [5.74, 6) is 0.731. The van der Waals surface area contributed by atoms with Crippen molar-refractivity contribution in [1.29, 1.82) is 0 Å². The number of piperidine rings is 1. The van der Waals surface area contributed by atoms with Crippen LogP contribution in [0.2, 0.25) is 0 Å². The molecule has 27 heavy (non-hydrogen) atoms. The molecule has 0 aromatic heterocycles. The van der Waals surface area contributed by atoms with E-state index in [-0.39, 0.29) is 29.6 Å². The van der Waals surface area contributed by atoms with E-state index in [0.29, 0.717) is 31.8 Å². The fourth-order valence-electron chi connectivity index (χ4n) is 5.12. The lowest BCUT2D eigenvalue weighted by Gasteiger charge is -2.41. The summed E-state index contributed by atoms with van der Waals surface area (Å²) >= 11 is 0. The van der Waals surface area contributed by atoms with Gasteiger partial charge in [0.2, 0.25) is 11.8 Å². The summed E-state index contributed by atoms with van der Waals surface area (Å²) in [4.78, 5) is 40.9. The van der Waals surface area contributed by atoms with E-state index in [9.17, 15) is 14.4 Å². The average molecular weight is 379 g/mol. The molecule has 1 spiro atoms. The van der Waals surface area contributed by atoms with Crippen molar-refractivity contribution in [3.05, 3.63) is 0 Å². The Bertz CT molecular complexity index is 558. The number of hydrogen-bond acceptors (Lipinski definition) is 4. The maximum atomic E-state index is 13.3. The first-order chi connectivity index (χ1) is 13.0. The lowest BCUT2D eigenvalue weighted by Crippen LogP contribution is -2.51. The third-order valence-corrected chi connectivity index (χ3v) is 6.73. The smallest absolute Gasteiger partial charge is 0.305 e. The van der Waals surface area contributed by atoms with E-state index in [0.717, 1.165) is 32.4 Å². The molecule has 0 radical (unpaired) electrons. The van der Waals surface area contributed by atoms with E-state index < -0.39 is 0 Å². The van der Waals surface area contributed by atoms with Gasteiger partial charge < -0.3 is 14.5 Å². The van der Waals surface area contributed by atoms with Gasteiger partial charge in [-0.1, -0.05) is 19.3 Å². The van der Waals surface area contributed by atoms with Gasteiger partial charge in [-0.15, -0.1) is 0 Å². The molecule has 2 heterocycles. The Hall–Kier alpha value is -1.59. The molecule has 0 N–H and O–H groups in total. The Morgan fingerprint density at radius 1 is 1.07 bits per heavy atom. The van der Waals surface area contributed by atoms with Crippen LogP contribution < -0.4 is 0 Å². The average Bonchev–Trinajstić information content (AvgIpc) is 3.11. The second kappa shape index (κ2) is 9.07. The number of esters is 1. The van der Waals surface area contributed by atoms with Gasteiger partial charge in [0.1, 0.15) is 0 Å². The number of likely N-dealkylation sites (tertiary alicyclic amines) is 2.